The van der Waals surface area contributed by atoms with Crippen LogP contribution in [0.1, 0.15) is 22.7 Å². The first-order valence-corrected chi connectivity index (χ1v) is 8.27. The predicted molar refractivity (Wildman–Crippen MR) is 94.1 cm³/mol. The Balaban J connectivity index is 1.74. The molecule has 2 aromatic carbocycles. The van der Waals surface area contributed by atoms with Crippen LogP contribution in [0.3, 0.4) is 0 Å². The highest BCUT2D eigenvalue weighted by atomic mass is 35.5. The number of fused-ring (bicyclic) bond motifs is 1. The summed E-state index contributed by atoms with van der Waals surface area (Å²) in [7, 11) is 0. The zero-order chi connectivity index (χ0) is 18.7. The summed E-state index contributed by atoms with van der Waals surface area (Å²) >= 11 is 5.61. The molecule has 6 nitrogen and oxygen atoms in total. The van der Waals surface area contributed by atoms with Crippen LogP contribution in [0.2, 0.25) is 5.02 Å². The van der Waals surface area contributed by atoms with E-state index in [-0.39, 0.29) is 11.4 Å². The molecular formula is C18H14ClFN4O2. The number of benzene rings is 2. The van der Waals surface area contributed by atoms with Crippen molar-refractivity contribution in [3.8, 4) is 0 Å². The van der Waals surface area contributed by atoms with Crippen LogP contribution in [-0.4, -0.2) is 17.7 Å². The van der Waals surface area contributed by atoms with Crippen molar-refractivity contribution in [2.24, 2.45) is 5.11 Å². The second kappa shape index (κ2) is 7.56. The maximum absolute atomic E-state index is 13.5. The smallest absolute Gasteiger partial charge is 0.288 e. The third-order valence-electron chi connectivity index (χ3n) is 4.29. The van der Waals surface area contributed by atoms with Crippen LogP contribution in [0.5, 0.6) is 0 Å². The zero-order valence-electron chi connectivity index (χ0n) is 13.5. The fraction of sp³-hybridized carbons (Fsp3) is 0.222. The minimum atomic E-state index is -0.805. The van der Waals surface area contributed by atoms with Crippen LogP contribution in [0.4, 0.5) is 4.39 Å². The van der Waals surface area contributed by atoms with Gasteiger partial charge in [-0.3, -0.25) is 9.59 Å². The Labute approximate surface area is 153 Å². The molecule has 0 saturated heterocycles. The Morgan fingerprint density at radius 2 is 2.08 bits per heavy atom. The number of ketones is 1. The molecule has 1 aliphatic rings. The second-order valence-electron chi connectivity index (χ2n) is 5.97. The van der Waals surface area contributed by atoms with Crippen molar-refractivity contribution in [1.29, 1.82) is 0 Å². The molecule has 0 bridgehead atoms. The van der Waals surface area contributed by atoms with Gasteiger partial charge in [-0.1, -0.05) is 47.0 Å². The highest BCUT2D eigenvalue weighted by Gasteiger charge is 2.33. The molecule has 132 valence electrons. The van der Waals surface area contributed by atoms with Crippen LogP contribution in [-0.2, 0) is 22.4 Å². The molecule has 8 heteroatoms. The van der Waals surface area contributed by atoms with Gasteiger partial charge in [0.2, 0.25) is 5.78 Å². The average Bonchev–Trinajstić information content (AvgIpc) is 2.96. The highest BCUT2D eigenvalue weighted by molar-refractivity contribution is 6.36. The number of Topliss-reactive ketones (excluding diaryl/α,β-unsaturated/α-hetero) is 1. The van der Waals surface area contributed by atoms with Crippen LogP contribution in [0.25, 0.3) is 10.4 Å². The SMILES string of the molecule is [N-]=[N+]=N[C@@H]1Cc2ccccc2[C@H]1NC(=O)C(=O)Cc1ccc(Cl)c(F)c1. The van der Waals surface area contributed by atoms with E-state index in [1.54, 1.807) is 0 Å². The molecule has 0 fully saturated rings. The zero-order valence-corrected chi connectivity index (χ0v) is 14.3. The topological polar surface area (TPSA) is 94.9 Å². The molecule has 3 rings (SSSR count). The van der Waals surface area contributed by atoms with Gasteiger partial charge in [-0.15, -0.1) is 0 Å². The third kappa shape index (κ3) is 3.69. The Morgan fingerprint density at radius 3 is 2.81 bits per heavy atom. The molecule has 2 atom stereocenters. The summed E-state index contributed by atoms with van der Waals surface area (Å²) in [5.41, 5.74) is 10.9. The molecule has 0 spiro atoms. The summed E-state index contributed by atoms with van der Waals surface area (Å²) in [5, 5.41) is 6.32. The number of rotatable bonds is 5. The maximum Gasteiger partial charge on any atom is 0.288 e. The normalized spacial score (nSPS) is 17.9. The van der Waals surface area contributed by atoms with Gasteiger partial charge in [0.25, 0.3) is 5.91 Å². The average molecular weight is 373 g/mol. The fourth-order valence-electron chi connectivity index (χ4n) is 3.06. The Bertz CT molecular complexity index is 927. The lowest BCUT2D eigenvalue weighted by atomic mass is 10.1. The van der Waals surface area contributed by atoms with Crippen LogP contribution in [0, 0.1) is 5.82 Å². The van der Waals surface area contributed by atoms with E-state index < -0.39 is 29.6 Å². The number of nitrogens with one attached hydrogen (secondary N) is 1. The highest BCUT2D eigenvalue weighted by Crippen LogP contribution is 2.33. The van der Waals surface area contributed by atoms with Gasteiger partial charge in [0.15, 0.2) is 0 Å². The van der Waals surface area contributed by atoms with Gasteiger partial charge in [0, 0.05) is 11.3 Å². The summed E-state index contributed by atoms with van der Waals surface area (Å²) in [6, 6.07) is 10.3. The number of carbonyl (C=O) groups is 2. The summed E-state index contributed by atoms with van der Waals surface area (Å²) in [5.74, 6) is -2.17. The minimum Gasteiger partial charge on any atom is -0.342 e. The number of halogens is 2. The van der Waals surface area contributed by atoms with Crippen molar-refractivity contribution in [2.45, 2.75) is 24.9 Å². The summed E-state index contributed by atoms with van der Waals surface area (Å²) < 4.78 is 13.5. The van der Waals surface area contributed by atoms with E-state index in [0.717, 1.165) is 17.2 Å². The number of hydrogen-bond donors (Lipinski definition) is 1. The summed E-state index contributed by atoms with van der Waals surface area (Å²) in [4.78, 5) is 27.3. The molecule has 0 heterocycles. The van der Waals surface area contributed by atoms with Gasteiger partial charge in [-0.2, -0.15) is 0 Å². The molecule has 0 aliphatic heterocycles. The lowest BCUT2D eigenvalue weighted by Gasteiger charge is -2.18. The van der Waals surface area contributed by atoms with E-state index in [1.807, 2.05) is 24.3 Å². The Kier molecular flexibility index (Phi) is 5.21. The Hall–Kier alpha value is -2.89. The van der Waals surface area contributed by atoms with Gasteiger partial charge in [-0.25, -0.2) is 4.39 Å². The summed E-state index contributed by atoms with van der Waals surface area (Å²) in [6.07, 6.45) is 0.238. The van der Waals surface area contributed by atoms with Crippen LogP contribution >= 0.6 is 11.6 Å². The van der Waals surface area contributed by atoms with Gasteiger partial charge >= 0.3 is 0 Å². The molecule has 1 amide bonds. The first-order valence-electron chi connectivity index (χ1n) is 7.89. The van der Waals surface area contributed by atoms with Crippen molar-refractivity contribution < 1.29 is 14.0 Å². The molecule has 0 unspecified atom stereocenters. The molecule has 0 saturated carbocycles. The first kappa shape index (κ1) is 17.9. The van der Waals surface area contributed by atoms with E-state index >= 15 is 0 Å². The van der Waals surface area contributed by atoms with Crippen LogP contribution in [0.15, 0.2) is 47.6 Å². The standard InChI is InChI=1S/C18H14ClFN4O2/c19-13-6-5-10(7-14(13)20)8-16(25)18(26)22-17-12-4-2-1-3-11(12)9-15(17)23-24-21/h1-7,15,17H,8-9H2,(H,22,26)/t15-,17-/m1/s1. The number of carbonyl (C=O) groups excluding carboxylic acids is 2. The van der Waals surface area contributed by atoms with Crippen molar-refractivity contribution in [1.82, 2.24) is 5.32 Å². The lowest BCUT2D eigenvalue weighted by molar-refractivity contribution is -0.138. The molecule has 2 aromatic rings. The molecule has 1 N–H and O–H groups in total. The first-order chi connectivity index (χ1) is 12.5. The molecule has 0 aromatic heterocycles. The lowest BCUT2D eigenvalue weighted by Crippen LogP contribution is -2.38. The van der Waals surface area contributed by atoms with E-state index in [4.69, 9.17) is 17.1 Å². The molecule has 0 radical (unpaired) electrons. The second-order valence-corrected chi connectivity index (χ2v) is 6.38. The van der Waals surface area contributed by atoms with E-state index in [0.29, 0.717) is 12.0 Å². The molecule has 26 heavy (non-hydrogen) atoms. The fourth-order valence-corrected chi connectivity index (χ4v) is 3.18. The van der Waals surface area contributed by atoms with Crippen molar-refractivity contribution in [2.75, 3.05) is 0 Å². The van der Waals surface area contributed by atoms with Crippen molar-refractivity contribution in [3.05, 3.63) is 80.4 Å². The number of nitrogens with zero attached hydrogens (tertiary/aromatic N) is 3. The van der Waals surface area contributed by atoms with Gasteiger partial charge in [0.1, 0.15) is 5.82 Å². The Morgan fingerprint density at radius 1 is 1.31 bits per heavy atom. The summed E-state index contributed by atoms with van der Waals surface area (Å²) in [6.45, 7) is 0. The maximum atomic E-state index is 13.5. The minimum absolute atomic E-state index is 0.0505. The monoisotopic (exact) mass is 372 g/mol. The van der Waals surface area contributed by atoms with Crippen molar-refractivity contribution in [3.63, 3.8) is 0 Å². The third-order valence-corrected chi connectivity index (χ3v) is 4.60. The largest absolute Gasteiger partial charge is 0.342 e. The van der Waals surface area contributed by atoms with Crippen molar-refractivity contribution >= 4 is 23.3 Å². The molecule has 1 aliphatic carbocycles. The van der Waals surface area contributed by atoms with E-state index in [1.165, 1.54) is 12.1 Å². The number of azide groups is 1. The quantitative estimate of drug-likeness (QED) is 0.375. The van der Waals surface area contributed by atoms with Gasteiger partial charge in [0.05, 0.1) is 17.1 Å². The molecular weight excluding hydrogens is 359 g/mol. The number of amides is 1. The predicted octanol–water partition coefficient (Wildman–Crippen LogP) is 3.68. The van der Waals surface area contributed by atoms with E-state index in [2.05, 4.69) is 15.3 Å². The van der Waals surface area contributed by atoms with Crippen LogP contribution < -0.4 is 5.32 Å². The number of hydrogen-bond acceptors (Lipinski definition) is 3. The van der Waals surface area contributed by atoms with Gasteiger partial charge < -0.3 is 5.32 Å². The van der Waals surface area contributed by atoms with Gasteiger partial charge in [-0.05, 0) is 40.8 Å². The van der Waals surface area contributed by atoms with E-state index in [9.17, 15) is 14.0 Å².